The Kier molecular flexibility index (Phi) is 3.43. The average Bonchev–Trinajstić information content (AvgIpc) is 3.10. The second kappa shape index (κ2) is 5.38. The van der Waals surface area contributed by atoms with E-state index in [4.69, 9.17) is 4.42 Å². The Morgan fingerprint density at radius 3 is 2.35 bits per heavy atom. The Hall–Kier alpha value is -2.27. The molecule has 0 aliphatic heterocycles. The fourth-order valence-electron chi connectivity index (χ4n) is 1.85. The minimum absolute atomic E-state index is 0.270. The molecule has 0 atom stereocenters. The molecule has 20 heavy (non-hydrogen) atoms. The van der Waals surface area contributed by atoms with Gasteiger partial charge in [0.25, 0.3) is 5.91 Å². The molecule has 100 valence electrons. The smallest absolute Gasteiger partial charge is 0.291 e. The molecule has 0 unspecified atom stereocenters. The van der Waals surface area contributed by atoms with Crippen molar-refractivity contribution < 1.29 is 9.21 Å². The lowest BCUT2D eigenvalue weighted by molar-refractivity contribution is 0.0995. The molecule has 2 aromatic heterocycles. The van der Waals surface area contributed by atoms with Crippen LogP contribution in [0.1, 0.15) is 10.6 Å². The minimum atomic E-state index is -0.274. The Bertz CT molecular complexity index is 715. The second-order valence-corrected chi connectivity index (χ2v) is 4.98. The Balaban J connectivity index is 1.74. The van der Waals surface area contributed by atoms with E-state index in [9.17, 15) is 4.79 Å². The molecule has 0 fully saturated rings. The third-order valence-electron chi connectivity index (χ3n) is 2.82. The monoisotopic (exact) mass is 330 g/mol. The number of carbonyl (C=O) groups excluding carboxylic acids is 1. The first-order valence-electron chi connectivity index (χ1n) is 6.02. The number of hydrogen-bond donors (Lipinski definition) is 1. The van der Waals surface area contributed by atoms with Crippen LogP contribution < -0.4 is 5.32 Å². The SMILES string of the molecule is O=C(Nc1ccc(-n2cccc2)cc1)c1ccc(Br)o1. The lowest BCUT2D eigenvalue weighted by Crippen LogP contribution is -2.10. The van der Waals surface area contributed by atoms with Crippen molar-refractivity contribution in [1.82, 2.24) is 4.57 Å². The highest BCUT2D eigenvalue weighted by Crippen LogP contribution is 2.17. The number of benzene rings is 1. The van der Waals surface area contributed by atoms with E-state index in [1.54, 1.807) is 12.1 Å². The summed E-state index contributed by atoms with van der Waals surface area (Å²) in [5.41, 5.74) is 1.76. The summed E-state index contributed by atoms with van der Waals surface area (Å²) in [5, 5.41) is 2.78. The van der Waals surface area contributed by atoms with Crippen LogP contribution in [0.2, 0.25) is 0 Å². The van der Waals surface area contributed by atoms with Gasteiger partial charge in [-0.25, -0.2) is 0 Å². The molecular weight excluding hydrogens is 320 g/mol. The van der Waals surface area contributed by atoms with Crippen LogP contribution >= 0.6 is 15.9 Å². The van der Waals surface area contributed by atoms with Gasteiger partial charge in [-0.15, -0.1) is 0 Å². The van der Waals surface area contributed by atoms with Crippen LogP contribution in [-0.2, 0) is 0 Å². The molecule has 0 spiro atoms. The highest BCUT2D eigenvalue weighted by molar-refractivity contribution is 9.10. The summed E-state index contributed by atoms with van der Waals surface area (Å²) < 4.78 is 7.73. The van der Waals surface area contributed by atoms with Crippen molar-refractivity contribution in [3.05, 3.63) is 71.4 Å². The third kappa shape index (κ3) is 2.67. The van der Waals surface area contributed by atoms with E-state index in [2.05, 4.69) is 21.2 Å². The first kappa shape index (κ1) is 12.7. The topological polar surface area (TPSA) is 47.2 Å². The third-order valence-corrected chi connectivity index (χ3v) is 3.25. The molecule has 0 aliphatic carbocycles. The Labute approximate surface area is 124 Å². The Morgan fingerprint density at radius 2 is 1.75 bits per heavy atom. The van der Waals surface area contributed by atoms with Crippen molar-refractivity contribution in [2.24, 2.45) is 0 Å². The number of furan rings is 1. The molecule has 0 bridgehead atoms. The van der Waals surface area contributed by atoms with Crippen LogP contribution in [-0.4, -0.2) is 10.5 Å². The molecule has 0 aliphatic rings. The molecule has 0 saturated carbocycles. The van der Waals surface area contributed by atoms with Crippen LogP contribution in [0.25, 0.3) is 5.69 Å². The van der Waals surface area contributed by atoms with Gasteiger partial charge in [-0.1, -0.05) is 0 Å². The summed E-state index contributed by atoms with van der Waals surface area (Å²) in [4.78, 5) is 11.9. The molecule has 1 N–H and O–H groups in total. The fraction of sp³-hybridized carbons (Fsp3) is 0. The van der Waals surface area contributed by atoms with E-state index in [1.807, 2.05) is 53.4 Å². The zero-order valence-electron chi connectivity index (χ0n) is 10.4. The van der Waals surface area contributed by atoms with Gasteiger partial charge in [0.2, 0.25) is 0 Å². The maximum absolute atomic E-state index is 11.9. The number of nitrogens with one attached hydrogen (secondary N) is 1. The van der Waals surface area contributed by atoms with Gasteiger partial charge in [-0.3, -0.25) is 4.79 Å². The van der Waals surface area contributed by atoms with Gasteiger partial charge in [0.15, 0.2) is 10.4 Å². The number of rotatable bonds is 3. The minimum Gasteiger partial charge on any atom is -0.444 e. The maximum atomic E-state index is 11.9. The van der Waals surface area contributed by atoms with Gasteiger partial charge >= 0.3 is 0 Å². The van der Waals surface area contributed by atoms with Gasteiger partial charge in [-0.2, -0.15) is 0 Å². The zero-order valence-corrected chi connectivity index (χ0v) is 12.0. The molecule has 0 saturated heterocycles. The number of carbonyl (C=O) groups is 1. The number of anilines is 1. The van der Waals surface area contributed by atoms with Gasteiger partial charge in [0.1, 0.15) is 0 Å². The van der Waals surface area contributed by atoms with E-state index in [0.717, 1.165) is 11.4 Å². The number of amides is 1. The first-order chi connectivity index (χ1) is 9.72. The summed E-state index contributed by atoms with van der Waals surface area (Å²) in [7, 11) is 0. The Morgan fingerprint density at radius 1 is 1.05 bits per heavy atom. The van der Waals surface area contributed by atoms with Crippen molar-refractivity contribution in [3.63, 3.8) is 0 Å². The predicted octanol–water partition coefficient (Wildman–Crippen LogP) is 4.09. The summed E-state index contributed by atoms with van der Waals surface area (Å²) in [5.74, 6) is -0.00391. The molecule has 3 rings (SSSR count). The number of halogens is 1. The summed E-state index contributed by atoms with van der Waals surface area (Å²) >= 11 is 3.17. The largest absolute Gasteiger partial charge is 0.444 e. The number of aromatic nitrogens is 1. The van der Waals surface area contributed by atoms with Crippen LogP contribution in [0.15, 0.2) is 70.0 Å². The van der Waals surface area contributed by atoms with Gasteiger partial charge < -0.3 is 14.3 Å². The fourth-order valence-corrected chi connectivity index (χ4v) is 2.16. The van der Waals surface area contributed by atoms with Gasteiger partial charge in [0, 0.05) is 23.8 Å². The van der Waals surface area contributed by atoms with E-state index >= 15 is 0 Å². The first-order valence-corrected chi connectivity index (χ1v) is 6.82. The predicted molar refractivity (Wildman–Crippen MR) is 80.1 cm³/mol. The summed E-state index contributed by atoms with van der Waals surface area (Å²) in [6.45, 7) is 0. The second-order valence-electron chi connectivity index (χ2n) is 4.20. The lowest BCUT2D eigenvalue weighted by Gasteiger charge is -2.06. The summed E-state index contributed by atoms with van der Waals surface area (Å²) in [6, 6.07) is 14.8. The standard InChI is InChI=1S/C15H11BrN2O2/c16-14-8-7-13(20-14)15(19)17-11-3-5-12(6-4-11)18-9-1-2-10-18/h1-10H,(H,17,19). The molecule has 5 heteroatoms. The number of nitrogens with zero attached hydrogens (tertiary/aromatic N) is 1. The molecule has 2 heterocycles. The number of hydrogen-bond acceptors (Lipinski definition) is 2. The zero-order chi connectivity index (χ0) is 13.9. The van der Waals surface area contributed by atoms with Crippen LogP contribution in [0.3, 0.4) is 0 Å². The van der Waals surface area contributed by atoms with E-state index in [1.165, 1.54) is 0 Å². The van der Waals surface area contributed by atoms with Gasteiger partial charge in [-0.05, 0) is 64.5 Å². The van der Waals surface area contributed by atoms with Crippen LogP contribution in [0, 0.1) is 0 Å². The average molecular weight is 331 g/mol. The highest BCUT2D eigenvalue weighted by atomic mass is 79.9. The van der Waals surface area contributed by atoms with Crippen molar-refractivity contribution >= 4 is 27.5 Å². The van der Waals surface area contributed by atoms with Crippen LogP contribution in [0.5, 0.6) is 0 Å². The lowest BCUT2D eigenvalue weighted by atomic mass is 10.2. The summed E-state index contributed by atoms with van der Waals surface area (Å²) in [6.07, 6.45) is 3.93. The molecule has 4 nitrogen and oxygen atoms in total. The molecule has 1 aromatic carbocycles. The van der Waals surface area contributed by atoms with Crippen molar-refractivity contribution in [2.45, 2.75) is 0 Å². The van der Waals surface area contributed by atoms with E-state index in [-0.39, 0.29) is 11.7 Å². The van der Waals surface area contributed by atoms with Crippen molar-refractivity contribution in [3.8, 4) is 5.69 Å². The van der Waals surface area contributed by atoms with Gasteiger partial charge in [0.05, 0.1) is 0 Å². The molecule has 0 radical (unpaired) electrons. The van der Waals surface area contributed by atoms with E-state index in [0.29, 0.717) is 4.67 Å². The molecular formula is C15H11BrN2O2. The molecule has 3 aromatic rings. The van der Waals surface area contributed by atoms with Crippen molar-refractivity contribution in [2.75, 3.05) is 5.32 Å². The normalized spacial score (nSPS) is 10.4. The van der Waals surface area contributed by atoms with Crippen LogP contribution in [0.4, 0.5) is 5.69 Å². The quantitative estimate of drug-likeness (QED) is 0.786. The molecule has 1 amide bonds. The van der Waals surface area contributed by atoms with Crippen molar-refractivity contribution in [1.29, 1.82) is 0 Å². The van der Waals surface area contributed by atoms with E-state index < -0.39 is 0 Å². The highest BCUT2D eigenvalue weighted by Gasteiger charge is 2.10. The maximum Gasteiger partial charge on any atom is 0.291 e.